The van der Waals surface area contributed by atoms with Gasteiger partial charge in [0.2, 0.25) is 0 Å². The lowest BCUT2D eigenvalue weighted by Gasteiger charge is -2.15. The van der Waals surface area contributed by atoms with E-state index in [9.17, 15) is 4.79 Å². The first-order valence-electron chi connectivity index (χ1n) is 7.23. The molecule has 0 saturated heterocycles. The van der Waals surface area contributed by atoms with Gasteiger partial charge in [0, 0.05) is 10.0 Å². The van der Waals surface area contributed by atoms with Crippen LogP contribution in [0.3, 0.4) is 0 Å². The molecular formula is C18H15BrN2O. The van der Waals surface area contributed by atoms with E-state index in [1.807, 2.05) is 24.3 Å². The lowest BCUT2D eigenvalue weighted by atomic mass is 10.0. The molecular weight excluding hydrogens is 340 g/mol. The first-order chi connectivity index (χ1) is 10.7. The van der Waals surface area contributed by atoms with Crippen molar-refractivity contribution < 1.29 is 4.79 Å². The first-order valence-corrected chi connectivity index (χ1v) is 8.02. The fourth-order valence-electron chi connectivity index (χ4n) is 2.94. The van der Waals surface area contributed by atoms with Gasteiger partial charge in [-0.1, -0.05) is 40.2 Å². The van der Waals surface area contributed by atoms with Crippen molar-refractivity contribution in [2.24, 2.45) is 0 Å². The van der Waals surface area contributed by atoms with E-state index in [0.717, 1.165) is 22.9 Å². The molecule has 0 saturated carbocycles. The van der Waals surface area contributed by atoms with Crippen LogP contribution in [0.1, 0.15) is 39.5 Å². The van der Waals surface area contributed by atoms with Crippen molar-refractivity contribution in [1.29, 1.82) is 5.26 Å². The Hall–Kier alpha value is -2.12. The Balaban J connectivity index is 1.83. The number of nitrogens with zero attached hydrogens (tertiary/aromatic N) is 1. The topological polar surface area (TPSA) is 52.9 Å². The number of rotatable bonds is 3. The quantitative estimate of drug-likeness (QED) is 0.907. The molecule has 1 aliphatic carbocycles. The second kappa shape index (κ2) is 6.33. The zero-order valence-corrected chi connectivity index (χ0v) is 13.6. The van der Waals surface area contributed by atoms with Crippen LogP contribution in [0, 0.1) is 11.3 Å². The summed E-state index contributed by atoms with van der Waals surface area (Å²) < 4.78 is 1.03. The Morgan fingerprint density at radius 1 is 1.32 bits per heavy atom. The number of carbonyl (C=O) groups excluding carboxylic acids is 1. The van der Waals surface area contributed by atoms with Crippen LogP contribution in [0.2, 0.25) is 0 Å². The second-order valence-corrected chi connectivity index (χ2v) is 6.32. The number of nitrogens with one attached hydrogen (secondary N) is 1. The third-order valence-corrected chi connectivity index (χ3v) is 4.52. The van der Waals surface area contributed by atoms with E-state index in [1.54, 1.807) is 6.07 Å². The molecule has 1 atom stereocenters. The molecule has 0 bridgehead atoms. The van der Waals surface area contributed by atoms with Gasteiger partial charge in [-0.25, -0.2) is 0 Å². The summed E-state index contributed by atoms with van der Waals surface area (Å²) in [5, 5.41) is 12.0. The van der Waals surface area contributed by atoms with Gasteiger partial charge >= 0.3 is 0 Å². The number of aryl methyl sites for hydroxylation is 1. The largest absolute Gasteiger partial charge is 0.345 e. The van der Waals surface area contributed by atoms with Gasteiger partial charge in [-0.05, 0) is 47.7 Å². The molecule has 0 unspecified atom stereocenters. The molecule has 3 rings (SSSR count). The van der Waals surface area contributed by atoms with E-state index in [4.69, 9.17) is 5.26 Å². The molecule has 2 aromatic carbocycles. The lowest BCUT2D eigenvalue weighted by Crippen LogP contribution is -2.28. The summed E-state index contributed by atoms with van der Waals surface area (Å²) >= 11 is 3.49. The summed E-state index contributed by atoms with van der Waals surface area (Å²) in [5.74, 6) is -0.108. The fraction of sp³-hybridized carbons (Fsp3) is 0.222. The highest BCUT2D eigenvalue weighted by molar-refractivity contribution is 9.10. The van der Waals surface area contributed by atoms with Gasteiger partial charge in [0.15, 0.2) is 0 Å². The van der Waals surface area contributed by atoms with Gasteiger partial charge < -0.3 is 5.32 Å². The molecule has 1 amide bonds. The number of hydrogen-bond donors (Lipinski definition) is 1. The zero-order chi connectivity index (χ0) is 15.5. The van der Waals surface area contributed by atoms with Gasteiger partial charge in [-0.2, -0.15) is 5.26 Å². The number of nitriles is 1. The maximum Gasteiger partial charge on any atom is 0.252 e. The van der Waals surface area contributed by atoms with Gasteiger partial charge in [0.05, 0.1) is 18.5 Å². The number of carbonyl (C=O) groups is 1. The smallest absolute Gasteiger partial charge is 0.252 e. The van der Waals surface area contributed by atoms with Crippen LogP contribution >= 0.6 is 15.9 Å². The third kappa shape index (κ3) is 2.90. The minimum atomic E-state index is -0.108. The maximum atomic E-state index is 12.6. The van der Waals surface area contributed by atoms with Crippen molar-refractivity contribution in [2.45, 2.75) is 25.3 Å². The van der Waals surface area contributed by atoms with Gasteiger partial charge in [0.25, 0.3) is 5.91 Å². The van der Waals surface area contributed by atoms with Crippen LogP contribution in [0.4, 0.5) is 0 Å². The van der Waals surface area contributed by atoms with Crippen LogP contribution in [0.25, 0.3) is 0 Å². The Labute approximate surface area is 138 Å². The molecule has 0 fully saturated rings. The average molecular weight is 355 g/mol. The first kappa shape index (κ1) is 14.8. The van der Waals surface area contributed by atoms with Crippen molar-refractivity contribution in [3.63, 3.8) is 0 Å². The summed E-state index contributed by atoms with van der Waals surface area (Å²) in [4.78, 5) is 12.6. The monoisotopic (exact) mass is 354 g/mol. The Kier molecular flexibility index (Phi) is 4.26. The molecule has 110 valence electrons. The molecule has 3 nitrogen and oxygen atoms in total. The minimum absolute atomic E-state index is 0.0372. The Morgan fingerprint density at radius 3 is 2.95 bits per heavy atom. The Bertz CT molecular complexity index is 764. The molecule has 1 N–H and O–H groups in total. The van der Waals surface area contributed by atoms with Gasteiger partial charge in [-0.15, -0.1) is 0 Å². The predicted molar refractivity (Wildman–Crippen MR) is 88.4 cm³/mol. The molecule has 0 aliphatic heterocycles. The molecule has 2 aromatic rings. The van der Waals surface area contributed by atoms with E-state index in [2.05, 4.69) is 39.4 Å². The summed E-state index contributed by atoms with van der Waals surface area (Å²) in [5.41, 5.74) is 3.83. The van der Waals surface area contributed by atoms with Crippen molar-refractivity contribution in [2.75, 3.05) is 0 Å². The number of halogens is 1. The highest BCUT2D eigenvalue weighted by Crippen LogP contribution is 2.33. The van der Waals surface area contributed by atoms with Crippen LogP contribution in [0.15, 0.2) is 46.9 Å². The number of benzene rings is 2. The van der Waals surface area contributed by atoms with Crippen LogP contribution in [0.5, 0.6) is 0 Å². The second-order valence-electron chi connectivity index (χ2n) is 5.40. The van der Waals surface area contributed by atoms with Crippen molar-refractivity contribution in [3.8, 4) is 6.07 Å². The summed E-state index contributed by atoms with van der Waals surface area (Å²) in [6.07, 6.45) is 2.14. The van der Waals surface area contributed by atoms with Gasteiger partial charge in [0.1, 0.15) is 0 Å². The van der Waals surface area contributed by atoms with Crippen LogP contribution in [-0.2, 0) is 12.8 Å². The van der Waals surface area contributed by atoms with E-state index in [-0.39, 0.29) is 18.4 Å². The lowest BCUT2D eigenvalue weighted by molar-refractivity contribution is 0.0936. The van der Waals surface area contributed by atoms with E-state index in [0.29, 0.717) is 5.56 Å². The standard InChI is InChI=1S/C18H15BrN2O/c19-14-7-5-13-6-8-17(16(13)11-14)21-18(22)15-4-2-1-3-12(15)9-10-20/h1-5,7,11,17H,6,8-9H2,(H,21,22)/t17-/m0/s1. The number of hydrogen-bond acceptors (Lipinski definition) is 2. The van der Waals surface area contributed by atoms with E-state index < -0.39 is 0 Å². The SMILES string of the molecule is N#CCc1ccccc1C(=O)N[C@H]1CCc2ccc(Br)cc21. The molecule has 22 heavy (non-hydrogen) atoms. The van der Waals surface area contributed by atoms with Crippen molar-refractivity contribution >= 4 is 21.8 Å². The predicted octanol–water partition coefficient (Wildman–Crippen LogP) is 3.93. The normalized spacial score (nSPS) is 15.9. The molecule has 0 aromatic heterocycles. The van der Waals surface area contributed by atoms with Crippen LogP contribution < -0.4 is 5.32 Å². The summed E-state index contributed by atoms with van der Waals surface area (Å²) in [7, 11) is 0. The van der Waals surface area contributed by atoms with E-state index >= 15 is 0 Å². The summed E-state index contributed by atoms with van der Waals surface area (Å²) in [6.45, 7) is 0. The van der Waals surface area contributed by atoms with Crippen LogP contribution in [-0.4, -0.2) is 5.91 Å². The average Bonchev–Trinajstić information content (AvgIpc) is 2.90. The maximum absolute atomic E-state index is 12.6. The highest BCUT2D eigenvalue weighted by Gasteiger charge is 2.25. The minimum Gasteiger partial charge on any atom is -0.345 e. The number of fused-ring (bicyclic) bond motifs is 1. The molecule has 0 heterocycles. The van der Waals surface area contributed by atoms with Crippen molar-refractivity contribution in [1.82, 2.24) is 5.32 Å². The van der Waals surface area contributed by atoms with Gasteiger partial charge in [-0.3, -0.25) is 4.79 Å². The zero-order valence-electron chi connectivity index (χ0n) is 12.0. The Morgan fingerprint density at radius 2 is 2.14 bits per heavy atom. The molecule has 1 aliphatic rings. The fourth-order valence-corrected chi connectivity index (χ4v) is 3.32. The van der Waals surface area contributed by atoms with Crippen molar-refractivity contribution in [3.05, 3.63) is 69.2 Å². The highest BCUT2D eigenvalue weighted by atomic mass is 79.9. The van der Waals surface area contributed by atoms with E-state index in [1.165, 1.54) is 11.1 Å². The summed E-state index contributed by atoms with van der Waals surface area (Å²) in [6, 6.07) is 15.7. The molecule has 0 radical (unpaired) electrons. The third-order valence-electron chi connectivity index (χ3n) is 4.02. The molecule has 4 heteroatoms. The number of amides is 1. The molecule has 0 spiro atoms.